The van der Waals surface area contributed by atoms with Crippen LogP contribution in [0.5, 0.6) is 5.75 Å². The summed E-state index contributed by atoms with van der Waals surface area (Å²) in [6.07, 6.45) is 2.43. The summed E-state index contributed by atoms with van der Waals surface area (Å²) in [5.74, 6) is -0.406. The van der Waals surface area contributed by atoms with E-state index in [9.17, 15) is 19.8 Å². The van der Waals surface area contributed by atoms with Crippen LogP contribution in [0, 0.1) is 5.92 Å². The number of aliphatic hydroxyl groups excluding tert-OH is 1. The number of halogens is 1. The van der Waals surface area contributed by atoms with Crippen molar-refractivity contribution in [3.63, 3.8) is 0 Å². The summed E-state index contributed by atoms with van der Waals surface area (Å²) in [4.78, 5) is 31.2. The number of rotatable bonds is 5. The quantitative estimate of drug-likeness (QED) is 0.438. The second-order valence-corrected chi connectivity index (χ2v) is 10.6. The molecular formula is C28H32ClN3O6. The molecule has 1 saturated carbocycles. The fraction of sp³-hybridized carbons (Fsp3) is 0.464. The van der Waals surface area contributed by atoms with Crippen molar-refractivity contribution in [1.29, 1.82) is 0 Å². The molecule has 0 bridgehead atoms. The van der Waals surface area contributed by atoms with Crippen molar-refractivity contribution in [2.45, 2.75) is 63.6 Å². The van der Waals surface area contributed by atoms with Crippen molar-refractivity contribution in [2.24, 2.45) is 5.92 Å². The third-order valence-corrected chi connectivity index (χ3v) is 8.18. The van der Waals surface area contributed by atoms with E-state index in [-0.39, 0.29) is 12.1 Å². The van der Waals surface area contributed by atoms with Crippen LogP contribution in [-0.2, 0) is 16.0 Å². The predicted molar refractivity (Wildman–Crippen MR) is 143 cm³/mol. The van der Waals surface area contributed by atoms with Crippen LogP contribution >= 0.6 is 11.6 Å². The number of amides is 1. The highest BCUT2D eigenvalue weighted by atomic mass is 35.5. The Kier molecular flexibility index (Phi) is 7.24. The lowest BCUT2D eigenvalue weighted by Crippen LogP contribution is -2.42. The average molecular weight is 542 g/mol. The first-order valence-corrected chi connectivity index (χ1v) is 13.3. The van der Waals surface area contributed by atoms with Crippen molar-refractivity contribution in [3.8, 4) is 5.75 Å². The second-order valence-electron chi connectivity index (χ2n) is 10.1. The number of carbonyl (C=O) groups excluding carboxylic acids is 1. The van der Waals surface area contributed by atoms with Crippen molar-refractivity contribution >= 4 is 40.4 Å². The minimum Gasteiger partial charge on any atom is -0.496 e. The van der Waals surface area contributed by atoms with Gasteiger partial charge in [-0.05, 0) is 69.4 Å². The van der Waals surface area contributed by atoms with Crippen molar-refractivity contribution in [1.82, 2.24) is 9.55 Å². The van der Waals surface area contributed by atoms with Crippen LogP contribution in [-0.4, -0.2) is 52.1 Å². The van der Waals surface area contributed by atoms with E-state index < -0.39 is 24.1 Å². The van der Waals surface area contributed by atoms with Gasteiger partial charge in [-0.15, -0.1) is 0 Å². The van der Waals surface area contributed by atoms with Gasteiger partial charge in [0.2, 0.25) is 0 Å². The van der Waals surface area contributed by atoms with Crippen molar-refractivity contribution < 1.29 is 29.3 Å². The van der Waals surface area contributed by atoms with Crippen LogP contribution in [0.2, 0.25) is 5.02 Å². The molecular weight excluding hydrogens is 510 g/mol. The maximum absolute atomic E-state index is 12.6. The van der Waals surface area contributed by atoms with Gasteiger partial charge in [-0.2, -0.15) is 0 Å². The summed E-state index contributed by atoms with van der Waals surface area (Å²) in [6.45, 7) is 1.98. The first kappa shape index (κ1) is 26.3. The zero-order chi connectivity index (χ0) is 27.1. The predicted octanol–water partition coefficient (Wildman–Crippen LogP) is 5.50. The van der Waals surface area contributed by atoms with E-state index in [0.29, 0.717) is 46.9 Å². The fourth-order valence-electron chi connectivity index (χ4n) is 6.05. The number of aliphatic carboxylic acids is 1. The standard InChI is InChI=1S/C28H32ClN3O6/c1-15-7-9-19-21(31(15)28(36)38-3)10-11-22-24(19)30-26(25(33)20-14-17(29)8-12-23(20)37-2)32(22)18-6-4-5-16(13-18)27(34)35/h8,10-12,14-16,18,25,33H,4-7,9,13H2,1-3H3,(H,34,35). The molecule has 0 radical (unpaired) electrons. The third kappa shape index (κ3) is 4.47. The number of aromatic nitrogens is 2. The Morgan fingerprint density at radius 2 is 1.95 bits per heavy atom. The van der Waals surface area contributed by atoms with E-state index in [1.54, 1.807) is 23.1 Å². The number of imidazole rings is 1. The van der Waals surface area contributed by atoms with Gasteiger partial charge < -0.3 is 24.3 Å². The SMILES string of the molecule is COC(=O)N1c2ccc3c(nc(C(O)c4cc(Cl)ccc4OC)n3C3CCCC(C(=O)O)C3)c2CCC1C. The van der Waals surface area contributed by atoms with E-state index in [0.717, 1.165) is 36.0 Å². The number of nitrogens with zero attached hydrogens (tertiary/aromatic N) is 3. The number of methoxy groups -OCH3 is 2. The molecule has 4 unspecified atom stereocenters. The summed E-state index contributed by atoms with van der Waals surface area (Å²) in [6, 6.07) is 8.66. The summed E-state index contributed by atoms with van der Waals surface area (Å²) in [7, 11) is 2.89. The Balaban J connectivity index is 1.72. The molecule has 2 N–H and O–H groups in total. The molecule has 2 aromatic carbocycles. The molecule has 1 amide bonds. The molecule has 38 heavy (non-hydrogen) atoms. The van der Waals surface area contributed by atoms with Crippen molar-refractivity contribution in [2.75, 3.05) is 19.1 Å². The molecule has 1 fully saturated rings. The molecule has 202 valence electrons. The number of hydrogen-bond acceptors (Lipinski definition) is 6. The van der Waals surface area contributed by atoms with Crippen LogP contribution < -0.4 is 9.64 Å². The first-order chi connectivity index (χ1) is 18.2. The lowest BCUT2D eigenvalue weighted by molar-refractivity contribution is -0.143. The number of carboxylic acid groups (broad SMARTS) is 1. The molecule has 3 aromatic rings. The normalized spacial score (nSPS) is 22.1. The highest BCUT2D eigenvalue weighted by Gasteiger charge is 2.36. The van der Waals surface area contributed by atoms with Crippen molar-refractivity contribution in [3.05, 3.63) is 52.3 Å². The molecule has 1 aromatic heterocycles. The molecule has 1 aliphatic carbocycles. The third-order valence-electron chi connectivity index (χ3n) is 7.94. The van der Waals surface area contributed by atoms with Gasteiger partial charge in [-0.3, -0.25) is 9.69 Å². The molecule has 4 atom stereocenters. The Morgan fingerprint density at radius 3 is 2.66 bits per heavy atom. The molecule has 2 heterocycles. The van der Waals surface area contributed by atoms with Gasteiger partial charge in [0.15, 0.2) is 0 Å². The van der Waals surface area contributed by atoms with E-state index in [4.69, 9.17) is 26.1 Å². The summed E-state index contributed by atoms with van der Waals surface area (Å²) in [5, 5.41) is 21.9. The molecule has 2 aliphatic rings. The topological polar surface area (TPSA) is 114 Å². The lowest BCUT2D eigenvalue weighted by Gasteiger charge is -2.34. The van der Waals surface area contributed by atoms with Gasteiger partial charge in [0.1, 0.15) is 17.7 Å². The Bertz CT molecular complexity index is 1390. The van der Waals surface area contributed by atoms with E-state index in [2.05, 4.69) is 0 Å². The maximum Gasteiger partial charge on any atom is 0.414 e. The Morgan fingerprint density at radius 1 is 1.16 bits per heavy atom. The number of aliphatic hydroxyl groups is 1. The zero-order valence-electron chi connectivity index (χ0n) is 21.7. The molecule has 0 spiro atoms. The monoisotopic (exact) mass is 541 g/mol. The van der Waals surface area contributed by atoms with Gasteiger partial charge in [0.05, 0.1) is 36.9 Å². The summed E-state index contributed by atoms with van der Waals surface area (Å²) in [5.41, 5.74) is 3.61. The fourth-order valence-corrected chi connectivity index (χ4v) is 6.23. The zero-order valence-corrected chi connectivity index (χ0v) is 22.4. The van der Waals surface area contributed by atoms with Gasteiger partial charge in [0, 0.05) is 28.2 Å². The molecule has 10 heteroatoms. The second kappa shape index (κ2) is 10.5. The lowest BCUT2D eigenvalue weighted by atomic mass is 9.85. The van der Waals surface area contributed by atoms with Crippen LogP contribution in [0.3, 0.4) is 0 Å². The van der Waals surface area contributed by atoms with Crippen LogP contribution in [0.15, 0.2) is 30.3 Å². The molecule has 9 nitrogen and oxygen atoms in total. The summed E-state index contributed by atoms with van der Waals surface area (Å²) < 4.78 is 12.6. The van der Waals surface area contributed by atoms with Crippen LogP contribution in [0.4, 0.5) is 10.5 Å². The minimum absolute atomic E-state index is 0.0371. The average Bonchev–Trinajstić information content (AvgIpc) is 3.32. The maximum atomic E-state index is 12.6. The summed E-state index contributed by atoms with van der Waals surface area (Å²) >= 11 is 6.29. The number of carboxylic acids is 1. The molecule has 0 saturated heterocycles. The van der Waals surface area contributed by atoms with Crippen LogP contribution in [0.1, 0.15) is 68.1 Å². The van der Waals surface area contributed by atoms with E-state index >= 15 is 0 Å². The molecule has 1 aliphatic heterocycles. The van der Waals surface area contributed by atoms with Gasteiger partial charge in [-0.1, -0.05) is 18.0 Å². The number of anilines is 1. The van der Waals surface area contributed by atoms with Crippen LogP contribution in [0.25, 0.3) is 11.0 Å². The van der Waals surface area contributed by atoms with Gasteiger partial charge in [-0.25, -0.2) is 9.78 Å². The van der Waals surface area contributed by atoms with E-state index in [1.165, 1.54) is 14.2 Å². The smallest absolute Gasteiger partial charge is 0.414 e. The minimum atomic E-state index is -1.17. The first-order valence-electron chi connectivity index (χ1n) is 12.9. The number of aryl methyl sites for hydroxylation is 1. The number of fused-ring (bicyclic) bond motifs is 3. The van der Waals surface area contributed by atoms with E-state index in [1.807, 2.05) is 23.6 Å². The number of hydrogen-bond donors (Lipinski definition) is 2. The Hall–Kier alpha value is -3.30. The molecule has 5 rings (SSSR count). The highest BCUT2D eigenvalue weighted by molar-refractivity contribution is 6.30. The largest absolute Gasteiger partial charge is 0.496 e. The van der Waals surface area contributed by atoms with Gasteiger partial charge >= 0.3 is 12.1 Å². The Labute approximate surface area is 225 Å². The number of ether oxygens (including phenoxy) is 2. The number of carbonyl (C=O) groups is 2. The van der Waals surface area contributed by atoms with Gasteiger partial charge in [0.25, 0.3) is 0 Å². The number of benzene rings is 2. The highest BCUT2D eigenvalue weighted by Crippen LogP contribution is 2.43.